The normalized spacial score (nSPS) is 16.4. The van der Waals surface area contributed by atoms with Crippen molar-refractivity contribution < 1.29 is 14.3 Å². The van der Waals surface area contributed by atoms with Crippen LogP contribution in [0.4, 0.5) is 0 Å². The van der Waals surface area contributed by atoms with Crippen molar-refractivity contribution in [1.82, 2.24) is 9.88 Å². The lowest BCUT2D eigenvalue weighted by Crippen LogP contribution is -2.36. The first-order valence-corrected chi connectivity index (χ1v) is 8.14. The van der Waals surface area contributed by atoms with Crippen LogP contribution in [0.2, 0.25) is 0 Å². The number of fused-ring (bicyclic) bond motifs is 2. The SMILES string of the molecule is COc1cccc2c1OC(c1ccc3c(c1)sc(=O)n3C)NC2=O. The van der Waals surface area contributed by atoms with Gasteiger partial charge in [-0.25, -0.2) is 0 Å². The predicted octanol–water partition coefficient (Wildman–Crippen LogP) is 2.43. The van der Waals surface area contributed by atoms with Crippen molar-refractivity contribution in [2.75, 3.05) is 7.11 Å². The standard InChI is InChI=1S/C17H14N2O4S/c1-19-11-7-6-9(8-13(11)24-17(19)21)16-18-15(20)10-4-3-5-12(22-2)14(10)23-16/h3-8,16H,1-2H3,(H,18,20). The Morgan fingerprint density at radius 1 is 1.25 bits per heavy atom. The average Bonchev–Trinajstić information content (AvgIpc) is 2.88. The van der Waals surface area contributed by atoms with E-state index in [0.717, 1.165) is 15.8 Å². The molecule has 1 aromatic heterocycles. The first-order chi connectivity index (χ1) is 11.6. The number of aromatic nitrogens is 1. The molecule has 24 heavy (non-hydrogen) atoms. The Balaban J connectivity index is 1.78. The molecule has 3 aromatic rings. The molecule has 1 amide bonds. The number of benzene rings is 2. The number of carbonyl (C=O) groups excluding carboxylic acids is 1. The molecule has 0 saturated carbocycles. The first-order valence-electron chi connectivity index (χ1n) is 7.32. The van der Waals surface area contributed by atoms with Crippen LogP contribution >= 0.6 is 11.3 Å². The lowest BCUT2D eigenvalue weighted by atomic mass is 10.1. The topological polar surface area (TPSA) is 69.6 Å². The van der Waals surface area contributed by atoms with Gasteiger partial charge in [0.25, 0.3) is 5.91 Å². The molecule has 0 radical (unpaired) electrons. The van der Waals surface area contributed by atoms with Crippen LogP contribution in [0.25, 0.3) is 10.2 Å². The summed E-state index contributed by atoms with van der Waals surface area (Å²) in [6.45, 7) is 0. The maximum absolute atomic E-state index is 12.4. The molecule has 0 fully saturated rings. The Kier molecular flexibility index (Phi) is 3.31. The summed E-state index contributed by atoms with van der Waals surface area (Å²) in [6.07, 6.45) is -0.631. The van der Waals surface area contributed by atoms with Crippen molar-refractivity contribution in [3.8, 4) is 11.5 Å². The highest BCUT2D eigenvalue weighted by Crippen LogP contribution is 2.37. The zero-order valence-corrected chi connectivity index (χ0v) is 13.8. The average molecular weight is 342 g/mol. The fourth-order valence-corrected chi connectivity index (χ4v) is 3.71. The van der Waals surface area contributed by atoms with Crippen LogP contribution in [0.15, 0.2) is 41.2 Å². The van der Waals surface area contributed by atoms with E-state index in [1.54, 1.807) is 29.8 Å². The van der Waals surface area contributed by atoms with E-state index in [-0.39, 0.29) is 10.8 Å². The van der Waals surface area contributed by atoms with Gasteiger partial charge in [0.05, 0.1) is 22.9 Å². The van der Waals surface area contributed by atoms with E-state index in [0.29, 0.717) is 17.1 Å². The number of thiazole rings is 1. The molecule has 1 atom stereocenters. The van der Waals surface area contributed by atoms with Gasteiger partial charge in [0.2, 0.25) is 0 Å². The van der Waals surface area contributed by atoms with Crippen molar-refractivity contribution in [3.05, 3.63) is 57.2 Å². The molecule has 1 unspecified atom stereocenters. The maximum Gasteiger partial charge on any atom is 0.307 e. The first kappa shape index (κ1) is 14.8. The van der Waals surface area contributed by atoms with Crippen LogP contribution in [0, 0.1) is 0 Å². The van der Waals surface area contributed by atoms with E-state index in [1.807, 2.05) is 18.2 Å². The number of para-hydroxylation sites is 1. The molecular formula is C17H14N2O4S. The molecule has 0 aliphatic carbocycles. The predicted molar refractivity (Wildman–Crippen MR) is 90.9 cm³/mol. The number of rotatable bonds is 2. The van der Waals surface area contributed by atoms with Crippen LogP contribution in [0.5, 0.6) is 11.5 Å². The summed E-state index contributed by atoms with van der Waals surface area (Å²) in [5.74, 6) is 0.717. The third-order valence-electron chi connectivity index (χ3n) is 4.06. The molecule has 1 aliphatic rings. The number of nitrogens with one attached hydrogen (secondary N) is 1. The fourth-order valence-electron chi connectivity index (χ4n) is 2.79. The highest BCUT2D eigenvalue weighted by Gasteiger charge is 2.29. The van der Waals surface area contributed by atoms with E-state index < -0.39 is 6.23 Å². The van der Waals surface area contributed by atoms with Gasteiger partial charge in [0.1, 0.15) is 0 Å². The van der Waals surface area contributed by atoms with Crippen molar-refractivity contribution in [2.45, 2.75) is 6.23 Å². The monoisotopic (exact) mass is 342 g/mol. The summed E-state index contributed by atoms with van der Waals surface area (Å²) in [5.41, 5.74) is 2.07. The molecule has 0 spiro atoms. The minimum absolute atomic E-state index is 0.0252. The molecule has 7 heteroatoms. The quantitative estimate of drug-likeness (QED) is 0.777. The summed E-state index contributed by atoms with van der Waals surface area (Å²) >= 11 is 1.17. The van der Waals surface area contributed by atoms with E-state index in [4.69, 9.17) is 9.47 Å². The van der Waals surface area contributed by atoms with Crippen molar-refractivity contribution >= 4 is 27.5 Å². The van der Waals surface area contributed by atoms with Gasteiger partial charge < -0.3 is 19.4 Å². The molecule has 1 aliphatic heterocycles. The Morgan fingerprint density at radius 2 is 2.08 bits per heavy atom. The van der Waals surface area contributed by atoms with Crippen LogP contribution < -0.4 is 19.7 Å². The Bertz CT molecular complexity index is 1020. The van der Waals surface area contributed by atoms with Gasteiger partial charge in [-0.2, -0.15) is 0 Å². The number of methoxy groups -OCH3 is 1. The second-order valence-electron chi connectivity index (χ2n) is 5.46. The third kappa shape index (κ3) is 2.16. The second kappa shape index (κ2) is 5.38. The molecule has 1 N–H and O–H groups in total. The van der Waals surface area contributed by atoms with Crippen molar-refractivity contribution in [2.24, 2.45) is 7.05 Å². The van der Waals surface area contributed by atoms with Gasteiger partial charge in [-0.05, 0) is 24.3 Å². The number of aryl methyl sites for hydroxylation is 1. The van der Waals surface area contributed by atoms with Crippen LogP contribution in [-0.4, -0.2) is 17.6 Å². The number of carbonyl (C=O) groups is 1. The zero-order valence-electron chi connectivity index (χ0n) is 13.0. The van der Waals surface area contributed by atoms with E-state index in [1.165, 1.54) is 18.4 Å². The van der Waals surface area contributed by atoms with E-state index in [9.17, 15) is 9.59 Å². The van der Waals surface area contributed by atoms with Gasteiger partial charge in [0, 0.05) is 12.6 Å². The second-order valence-corrected chi connectivity index (χ2v) is 6.46. The summed E-state index contributed by atoms with van der Waals surface area (Å²) in [5, 5.41) is 2.83. The molecular weight excluding hydrogens is 328 g/mol. The van der Waals surface area contributed by atoms with Gasteiger partial charge in [0.15, 0.2) is 17.7 Å². The molecule has 2 aromatic carbocycles. The maximum atomic E-state index is 12.4. The molecule has 4 rings (SSSR count). The third-order valence-corrected chi connectivity index (χ3v) is 5.06. The molecule has 2 heterocycles. The molecule has 0 saturated heterocycles. The largest absolute Gasteiger partial charge is 0.493 e. The van der Waals surface area contributed by atoms with Gasteiger partial charge in [-0.3, -0.25) is 9.59 Å². The number of hydrogen-bond donors (Lipinski definition) is 1. The summed E-state index contributed by atoms with van der Waals surface area (Å²) in [7, 11) is 3.27. The van der Waals surface area contributed by atoms with Crippen LogP contribution in [0.3, 0.4) is 0 Å². The lowest BCUT2D eigenvalue weighted by molar-refractivity contribution is 0.0746. The lowest BCUT2D eigenvalue weighted by Gasteiger charge is -2.28. The Labute approximate surface area is 141 Å². The van der Waals surface area contributed by atoms with Gasteiger partial charge in [-0.1, -0.05) is 23.5 Å². The number of ether oxygens (including phenoxy) is 2. The van der Waals surface area contributed by atoms with E-state index in [2.05, 4.69) is 5.32 Å². The number of hydrogen-bond acceptors (Lipinski definition) is 5. The fraction of sp³-hybridized carbons (Fsp3) is 0.176. The highest BCUT2D eigenvalue weighted by molar-refractivity contribution is 7.16. The van der Waals surface area contributed by atoms with Gasteiger partial charge >= 0.3 is 4.87 Å². The van der Waals surface area contributed by atoms with Crippen molar-refractivity contribution in [3.63, 3.8) is 0 Å². The highest BCUT2D eigenvalue weighted by atomic mass is 32.1. The minimum atomic E-state index is -0.631. The van der Waals surface area contributed by atoms with Crippen molar-refractivity contribution in [1.29, 1.82) is 0 Å². The molecule has 0 bridgehead atoms. The number of amides is 1. The summed E-state index contributed by atoms with van der Waals surface area (Å²) in [4.78, 5) is 24.1. The zero-order chi connectivity index (χ0) is 16.8. The molecule has 122 valence electrons. The summed E-state index contributed by atoms with van der Waals surface area (Å²) < 4.78 is 13.7. The smallest absolute Gasteiger partial charge is 0.307 e. The van der Waals surface area contributed by atoms with E-state index >= 15 is 0 Å². The van der Waals surface area contributed by atoms with Crippen LogP contribution in [-0.2, 0) is 7.05 Å². The van der Waals surface area contributed by atoms with Crippen LogP contribution in [0.1, 0.15) is 22.1 Å². The molecule has 6 nitrogen and oxygen atoms in total. The minimum Gasteiger partial charge on any atom is -0.493 e. The summed E-state index contributed by atoms with van der Waals surface area (Å²) in [6, 6.07) is 10.8. The van der Waals surface area contributed by atoms with Gasteiger partial charge in [-0.15, -0.1) is 0 Å². The Morgan fingerprint density at radius 3 is 2.88 bits per heavy atom. The Hall–Kier alpha value is -2.80. The number of nitrogens with zero attached hydrogens (tertiary/aromatic N) is 1.